The van der Waals surface area contributed by atoms with Crippen LogP contribution in [0.4, 0.5) is 17.5 Å². The van der Waals surface area contributed by atoms with Crippen molar-refractivity contribution < 1.29 is 4.92 Å². The molecule has 0 saturated carbocycles. The van der Waals surface area contributed by atoms with Crippen LogP contribution in [0.2, 0.25) is 0 Å². The highest BCUT2D eigenvalue weighted by atomic mass is 16.6. The lowest BCUT2D eigenvalue weighted by atomic mass is 10.1. The maximum Gasteiger partial charge on any atom is 0.332 e. The fourth-order valence-electron chi connectivity index (χ4n) is 1.90. The van der Waals surface area contributed by atoms with Crippen LogP contribution >= 0.6 is 0 Å². The van der Waals surface area contributed by atoms with Gasteiger partial charge in [0.05, 0.1) is 4.92 Å². The van der Waals surface area contributed by atoms with Crippen LogP contribution in [0.15, 0.2) is 0 Å². The zero-order valence-electron chi connectivity index (χ0n) is 11.7. The van der Waals surface area contributed by atoms with Gasteiger partial charge in [-0.05, 0) is 20.3 Å². The van der Waals surface area contributed by atoms with Crippen molar-refractivity contribution in [2.24, 2.45) is 5.84 Å². The van der Waals surface area contributed by atoms with Gasteiger partial charge in [0.1, 0.15) is 5.69 Å². The SMILES string of the molecule is CCCC(C)N(C)c1nc(NN)nc(C)c1[N+](=O)[O-]. The number of hydrogen-bond donors (Lipinski definition) is 2. The van der Waals surface area contributed by atoms with Crippen molar-refractivity contribution in [3.05, 3.63) is 15.8 Å². The van der Waals surface area contributed by atoms with Gasteiger partial charge < -0.3 is 4.90 Å². The van der Waals surface area contributed by atoms with Crippen molar-refractivity contribution in [2.45, 2.75) is 39.7 Å². The highest BCUT2D eigenvalue weighted by Gasteiger charge is 2.26. The topological polar surface area (TPSA) is 110 Å². The smallest absolute Gasteiger partial charge is 0.332 e. The van der Waals surface area contributed by atoms with Crippen LogP contribution in [-0.2, 0) is 0 Å². The van der Waals surface area contributed by atoms with Crippen molar-refractivity contribution in [2.75, 3.05) is 17.4 Å². The number of nitro groups is 1. The third-order valence-electron chi connectivity index (χ3n) is 3.05. The Kier molecular flexibility index (Phi) is 4.99. The summed E-state index contributed by atoms with van der Waals surface area (Å²) in [6, 6.07) is 0.142. The van der Waals surface area contributed by atoms with Gasteiger partial charge >= 0.3 is 5.69 Å². The fourth-order valence-corrected chi connectivity index (χ4v) is 1.90. The lowest BCUT2D eigenvalue weighted by Crippen LogP contribution is -2.31. The number of nitrogens with two attached hydrogens (primary N) is 1. The van der Waals surface area contributed by atoms with E-state index in [4.69, 9.17) is 5.84 Å². The molecule has 0 bridgehead atoms. The number of aromatic nitrogens is 2. The molecule has 0 aliphatic rings. The number of nitrogen functional groups attached to an aromatic ring is 1. The largest absolute Gasteiger partial charge is 0.351 e. The molecule has 0 spiro atoms. The molecule has 0 aliphatic heterocycles. The van der Waals surface area contributed by atoms with Crippen LogP contribution in [0.5, 0.6) is 0 Å². The normalized spacial score (nSPS) is 12.1. The van der Waals surface area contributed by atoms with Gasteiger partial charge in [-0.15, -0.1) is 0 Å². The minimum atomic E-state index is -0.458. The molecular weight excluding hydrogens is 248 g/mol. The van der Waals surface area contributed by atoms with Crippen molar-refractivity contribution >= 4 is 17.5 Å². The van der Waals surface area contributed by atoms with Gasteiger partial charge in [-0.25, -0.2) is 10.8 Å². The summed E-state index contributed by atoms with van der Waals surface area (Å²) in [5.74, 6) is 5.74. The molecule has 19 heavy (non-hydrogen) atoms. The van der Waals surface area contributed by atoms with E-state index in [0.717, 1.165) is 12.8 Å². The van der Waals surface area contributed by atoms with Crippen LogP contribution in [0.25, 0.3) is 0 Å². The number of anilines is 2. The number of hydrogen-bond acceptors (Lipinski definition) is 7. The predicted octanol–water partition coefficient (Wildman–Crippen LogP) is 1.60. The van der Waals surface area contributed by atoms with Crippen LogP contribution in [-0.4, -0.2) is 28.0 Å². The molecular formula is C11H20N6O2. The van der Waals surface area contributed by atoms with Crippen LogP contribution in [0.1, 0.15) is 32.4 Å². The van der Waals surface area contributed by atoms with Crippen molar-refractivity contribution in [3.8, 4) is 0 Å². The van der Waals surface area contributed by atoms with E-state index >= 15 is 0 Å². The van der Waals surface area contributed by atoms with E-state index < -0.39 is 4.92 Å². The first kappa shape index (κ1) is 15.1. The molecule has 1 unspecified atom stereocenters. The molecule has 0 fully saturated rings. The van der Waals surface area contributed by atoms with E-state index in [0.29, 0.717) is 5.69 Å². The quantitative estimate of drug-likeness (QED) is 0.458. The number of nitrogens with one attached hydrogen (secondary N) is 1. The minimum absolute atomic E-state index is 0.0792. The van der Waals surface area contributed by atoms with E-state index in [-0.39, 0.29) is 23.5 Å². The Balaban J connectivity index is 3.29. The van der Waals surface area contributed by atoms with Gasteiger partial charge in [-0.3, -0.25) is 15.5 Å². The molecule has 0 radical (unpaired) electrons. The van der Waals surface area contributed by atoms with Crippen molar-refractivity contribution in [3.63, 3.8) is 0 Å². The Hall–Kier alpha value is -1.96. The van der Waals surface area contributed by atoms with Crippen LogP contribution in [0, 0.1) is 17.0 Å². The average molecular weight is 268 g/mol. The summed E-state index contributed by atoms with van der Waals surface area (Å²) < 4.78 is 0. The predicted molar refractivity (Wildman–Crippen MR) is 74.0 cm³/mol. The highest BCUT2D eigenvalue weighted by Crippen LogP contribution is 2.30. The second-order valence-electron chi connectivity index (χ2n) is 4.45. The molecule has 1 heterocycles. The van der Waals surface area contributed by atoms with E-state index in [1.165, 1.54) is 0 Å². The molecule has 1 aromatic heterocycles. The number of nitrogens with zero attached hydrogens (tertiary/aromatic N) is 4. The summed E-state index contributed by atoms with van der Waals surface area (Å²) in [5.41, 5.74) is 2.54. The van der Waals surface area contributed by atoms with E-state index in [1.807, 2.05) is 6.92 Å². The molecule has 8 heteroatoms. The second kappa shape index (κ2) is 6.28. The first-order chi connectivity index (χ1) is 8.92. The Morgan fingerprint density at radius 1 is 1.53 bits per heavy atom. The Morgan fingerprint density at radius 3 is 2.63 bits per heavy atom. The maximum atomic E-state index is 11.2. The third kappa shape index (κ3) is 3.28. The lowest BCUT2D eigenvalue weighted by Gasteiger charge is -2.25. The molecule has 0 amide bonds. The molecule has 0 saturated heterocycles. The summed E-state index contributed by atoms with van der Waals surface area (Å²) in [6.07, 6.45) is 1.91. The Labute approximate surface area is 112 Å². The van der Waals surface area contributed by atoms with Gasteiger partial charge in [0.25, 0.3) is 0 Å². The molecule has 1 atom stereocenters. The highest BCUT2D eigenvalue weighted by molar-refractivity contribution is 5.62. The number of aryl methyl sites for hydroxylation is 1. The summed E-state index contributed by atoms with van der Waals surface area (Å²) in [7, 11) is 1.79. The maximum absolute atomic E-state index is 11.2. The Morgan fingerprint density at radius 2 is 2.16 bits per heavy atom. The van der Waals surface area contributed by atoms with Gasteiger partial charge in [0.2, 0.25) is 11.8 Å². The zero-order valence-corrected chi connectivity index (χ0v) is 11.7. The average Bonchev–Trinajstić information content (AvgIpc) is 2.36. The molecule has 1 rings (SSSR count). The van der Waals surface area contributed by atoms with E-state index in [1.54, 1.807) is 18.9 Å². The first-order valence-corrected chi connectivity index (χ1v) is 6.14. The Bertz CT molecular complexity index is 465. The summed E-state index contributed by atoms with van der Waals surface area (Å²) in [5, 5.41) is 11.2. The van der Waals surface area contributed by atoms with Crippen LogP contribution in [0.3, 0.4) is 0 Å². The van der Waals surface area contributed by atoms with Crippen molar-refractivity contribution in [1.82, 2.24) is 9.97 Å². The molecule has 106 valence electrons. The first-order valence-electron chi connectivity index (χ1n) is 6.14. The monoisotopic (exact) mass is 268 g/mol. The summed E-state index contributed by atoms with van der Waals surface area (Å²) >= 11 is 0. The van der Waals surface area contributed by atoms with Gasteiger partial charge in [0.15, 0.2) is 0 Å². The lowest BCUT2D eigenvalue weighted by molar-refractivity contribution is -0.385. The molecule has 0 aliphatic carbocycles. The summed E-state index contributed by atoms with van der Waals surface area (Å²) in [4.78, 5) is 20.6. The van der Waals surface area contributed by atoms with Gasteiger partial charge in [-0.1, -0.05) is 13.3 Å². The molecule has 1 aromatic rings. The number of rotatable bonds is 6. The molecule has 3 N–H and O–H groups in total. The van der Waals surface area contributed by atoms with Gasteiger partial charge in [-0.2, -0.15) is 4.98 Å². The van der Waals surface area contributed by atoms with E-state index in [9.17, 15) is 10.1 Å². The molecule has 0 aromatic carbocycles. The zero-order chi connectivity index (χ0) is 14.6. The van der Waals surface area contributed by atoms with Gasteiger partial charge in [0, 0.05) is 13.1 Å². The van der Waals surface area contributed by atoms with Crippen molar-refractivity contribution in [1.29, 1.82) is 0 Å². The summed E-state index contributed by atoms with van der Waals surface area (Å²) in [6.45, 7) is 5.64. The van der Waals surface area contributed by atoms with E-state index in [2.05, 4.69) is 22.3 Å². The standard InChI is InChI=1S/C11H20N6O2/c1-5-6-7(2)16(4)10-9(17(18)19)8(3)13-11(14-10)15-12/h7H,5-6,12H2,1-4H3,(H,13,14,15). The molecule has 8 nitrogen and oxygen atoms in total. The fraction of sp³-hybridized carbons (Fsp3) is 0.636. The van der Waals surface area contributed by atoms with Crippen LogP contribution < -0.4 is 16.2 Å². The number of hydrazine groups is 1. The minimum Gasteiger partial charge on any atom is -0.351 e. The second-order valence-corrected chi connectivity index (χ2v) is 4.45. The third-order valence-corrected chi connectivity index (χ3v) is 3.05.